The van der Waals surface area contributed by atoms with Crippen molar-refractivity contribution in [1.29, 1.82) is 0 Å². The quantitative estimate of drug-likeness (QED) is 0.432. The minimum atomic E-state index is -0.608. The number of hydrogen-bond donors (Lipinski definition) is 4. The number of aliphatic hydroxyl groups is 1. The number of aromatic nitrogens is 2. The molecule has 180 valence electrons. The van der Waals surface area contributed by atoms with Gasteiger partial charge in [-0.2, -0.15) is 0 Å². The molecule has 9 heteroatoms. The lowest BCUT2D eigenvalue weighted by molar-refractivity contribution is -0.0694. The summed E-state index contributed by atoms with van der Waals surface area (Å²) in [6, 6.07) is 7.93. The number of ether oxygens (including phenoxy) is 1. The summed E-state index contributed by atoms with van der Waals surface area (Å²) in [6.45, 7) is 0. The van der Waals surface area contributed by atoms with Crippen molar-refractivity contribution in [3.05, 3.63) is 59.4 Å². The second-order valence-corrected chi connectivity index (χ2v) is 9.61. The number of H-pyrrole nitrogens is 1. The molecule has 1 heterocycles. The van der Waals surface area contributed by atoms with Gasteiger partial charge in [0.2, 0.25) is 0 Å². The Kier molecular flexibility index (Phi) is 5.67. The number of nitrogens with zero attached hydrogens (tertiary/aromatic N) is 1. The van der Waals surface area contributed by atoms with Gasteiger partial charge < -0.3 is 25.5 Å². The van der Waals surface area contributed by atoms with E-state index >= 15 is 0 Å². The highest BCUT2D eigenvalue weighted by Gasteiger charge is 2.48. The predicted octanol–water partition coefficient (Wildman–Crippen LogP) is 4.27. The summed E-state index contributed by atoms with van der Waals surface area (Å²) in [5.74, 6) is -0.300. The molecule has 3 aliphatic rings. The summed E-state index contributed by atoms with van der Waals surface area (Å²) in [6.07, 6.45) is 4.49. The molecule has 3 aromatic rings. The van der Waals surface area contributed by atoms with Crippen LogP contribution in [0.3, 0.4) is 0 Å². The van der Waals surface area contributed by atoms with Crippen molar-refractivity contribution in [2.24, 2.45) is 0 Å². The molecule has 1 atom stereocenters. The lowest BCUT2D eigenvalue weighted by atomic mass is 9.63. The molecule has 34 heavy (non-hydrogen) atoms. The topological polar surface area (TPSA) is 99.3 Å². The van der Waals surface area contributed by atoms with E-state index in [9.17, 15) is 18.7 Å². The number of aromatic amines is 1. The number of amides is 2. The Bertz CT molecular complexity index is 1200. The molecule has 0 radical (unpaired) electrons. The first-order valence-electron chi connectivity index (χ1n) is 11.6. The molecular formula is C25H28F2N4O3. The summed E-state index contributed by atoms with van der Waals surface area (Å²) in [4.78, 5) is 20.7. The summed E-state index contributed by atoms with van der Waals surface area (Å²) >= 11 is 0. The van der Waals surface area contributed by atoms with Gasteiger partial charge in [0.1, 0.15) is 11.6 Å². The molecule has 2 amide bonds. The van der Waals surface area contributed by atoms with E-state index in [-0.39, 0.29) is 23.7 Å². The van der Waals surface area contributed by atoms with Crippen molar-refractivity contribution < 1.29 is 23.4 Å². The number of rotatable bonds is 6. The number of methoxy groups -OCH3 is 1. The van der Waals surface area contributed by atoms with Gasteiger partial charge in [-0.05, 0) is 74.4 Å². The molecule has 3 fully saturated rings. The average Bonchev–Trinajstić information content (AvgIpc) is 3.23. The monoisotopic (exact) mass is 470 g/mol. The van der Waals surface area contributed by atoms with Crippen molar-refractivity contribution >= 4 is 17.1 Å². The van der Waals surface area contributed by atoms with Crippen LogP contribution in [0.2, 0.25) is 0 Å². The third-order valence-corrected chi connectivity index (χ3v) is 7.34. The summed E-state index contributed by atoms with van der Waals surface area (Å²) in [7, 11) is 1.40. The number of carbonyl (C=O) groups is 1. The number of fused-ring (bicyclic) bond motifs is 4. The zero-order chi connectivity index (χ0) is 23.9. The van der Waals surface area contributed by atoms with Crippen LogP contribution in [-0.4, -0.2) is 39.4 Å². The van der Waals surface area contributed by atoms with Crippen molar-refractivity contribution in [2.45, 2.75) is 62.1 Å². The SMILES string of the molecule is COc1ccc(C[C@@H](NC(=O)NC23CCC(O)(CC2)CC3)c2nc3ccc(F)cc3[nH]2)cc1F. The van der Waals surface area contributed by atoms with Gasteiger partial charge >= 0.3 is 6.03 Å². The molecule has 0 unspecified atom stereocenters. The van der Waals surface area contributed by atoms with Crippen LogP contribution in [0.25, 0.3) is 11.0 Å². The average molecular weight is 471 g/mol. The van der Waals surface area contributed by atoms with E-state index in [1.165, 1.54) is 25.3 Å². The van der Waals surface area contributed by atoms with Gasteiger partial charge in [0.05, 0.1) is 29.8 Å². The van der Waals surface area contributed by atoms with E-state index in [1.54, 1.807) is 18.2 Å². The van der Waals surface area contributed by atoms with Crippen molar-refractivity contribution in [1.82, 2.24) is 20.6 Å². The largest absolute Gasteiger partial charge is 0.494 e. The van der Waals surface area contributed by atoms with Gasteiger partial charge in [-0.1, -0.05) is 6.07 Å². The highest BCUT2D eigenvalue weighted by Crippen LogP contribution is 2.46. The number of nitrogens with one attached hydrogen (secondary N) is 3. The molecule has 3 aliphatic carbocycles. The van der Waals surface area contributed by atoms with E-state index in [0.29, 0.717) is 41.7 Å². The highest BCUT2D eigenvalue weighted by atomic mass is 19.1. The van der Waals surface area contributed by atoms with Crippen LogP contribution in [0, 0.1) is 11.6 Å². The maximum atomic E-state index is 14.3. The fourth-order valence-corrected chi connectivity index (χ4v) is 5.24. The number of hydrogen-bond acceptors (Lipinski definition) is 4. The molecule has 7 nitrogen and oxygen atoms in total. The molecule has 6 rings (SSSR count). The maximum absolute atomic E-state index is 14.3. The second-order valence-electron chi connectivity index (χ2n) is 9.61. The van der Waals surface area contributed by atoms with Gasteiger partial charge in [-0.25, -0.2) is 18.6 Å². The third kappa shape index (κ3) is 4.44. The number of imidazole rings is 1. The molecule has 2 bridgehead atoms. The van der Waals surface area contributed by atoms with E-state index in [2.05, 4.69) is 20.6 Å². The first kappa shape index (κ1) is 22.6. The standard InChI is InChI=1S/C25H28F2N4O3/c1-34-21-5-2-15(12-17(21)27)13-20(22-28-18-4-3-16(26)14-19(18)29-22)30-23(32)31-24-6-9-25(33,10-7-24)11-8-24/h2-5,12,14,20,33H,6-11,13H2,1H3,(H,28,29)(H2,30,31,32)/t20-,24?,25?/m1/s1. The van der Waals surface area contributed by atoms with Crippen molar-refractivity contribution in [3.8, 4) is 5.75 Å². The van der Waals surface area contributed by atoms with Crippen molar-refractivity contribution in [2.75, 3.05) is 7.11 Å². The van der Waals surface area contributed by atoms with Crippen molar-refractivity contribution in [3.63, 3.8) is 0 Å². The number of urea groups is 1. The molecule has 2 aromatic carbocycles. The zero-order valence-electron chi connectivity index (χ0n) is 19.0. The Balaban J connectivity index is 1.39. The molecule has 4 N–H and O–H groups in total. The van der Waals surface area contributed by atoms with E-state index in [4.69, 9.17) is 4.74 Å². The third-order valence-electron chi connectivity index (χ3n) is 7.34. The van der Waals surface area contributed by atoms with Crippen LogP contribution in [0.1, 0.15) is 56.0 Å². The first-order valence-corrected chi connectivity index (χ1v) is 11.6. The maximum Gasteiger partial charge on any atom is 0.315 e. The van der Waals surface area contributed by atoms with Crippen LogP contribution in [0.5, 0.6) is 5.75 Å². The molecular weight excluding hydrogens is 442 g/mol. The van der Waals surface area contributed by atoms with Gasteiger partial charge in [0.25, 0.3) is 0 Å². The first-order chi connectivity index (χ1) is 16.3. The fourth-order valence-electron chi connectivity index (χ4n) is 5.24. The summed E-state index contributed by atoms with van der Waals surface area (Å²) in [5, 5.41) is 16.6. The Morgan fingerprint density at radius 3 is 2.56 bits per heavy atom. The van der Waals surface area contributed by atoms with Crippen LogP contribution >= 0.6 is 0 Å². The van der Waals surface area contributed by atoms with E-state index < -0.39 is 23.3 Å². The minimum Gasteiger partial charge on any atom is -0.494 e. The number of halogens is 2. The lowest BCUT2D eigenvalue weighted by Crippen LogP contribution is -2.60. The van der Waals surface area contributed by atoms with Gasteiger partial charge in [0, 0.05) is 12.0 Å². The zero-order valence-corrected chi connectivity index (χ0v) is 19.0. The fraction of sp³-hybridized carbons (Fsp3) is 0.440. The van der Waals surface area contributed by atoms with Gasteiger partial charge in [-0.3, -0.25) is 0 Å². The smallest absolute Gasteiger partial charge is 0.315 e. The van der Waals surface area contributed by atoms with Crippen LogP contribution in [0.4, 0.5) is 13.6 Å². The molecule has 0 aliphatic heterocycles. The second kappa shape index (κ2) is 8.54. The van der Waals surface area contributed by atoms with E-state index in [1.807, 2.05) is 0 Å². The molecule has 1 aromatic heterocycles. The minimum absolute atomic E-state index is 0.138. The Morgan fingerprint density at radius 1 is 1.15 bits per heavy atom. The lowest BCUT2D eigenvalue weighted by Gasteiger charge is -2.51. The number of carbonyl (C=O) groups excluding carboxylic acids is 1. The highest BCUT2D eigenvalue weighted by molar-refractivity contribution is 5.77. The van der Waals surface area contributed by atoms with E-state index in [0.717, 1.165) is 19.3 Å². The Morgan fingerprint density at radius 2 is 1.88 bits per heavy atom. The van der Waals surface area contributed by atoms with Crippen LogP contribution < -0.4 is 15.4 Å². The van der Waals surface area contributed by atoms with Gasteiger partial charge in [-0.15, -0.1) is 0 Å². The molecule has 0 saturated heterocycles. The Labute approximate surface area is 195 Å². The summed E-state index contributed by atoms with van der Waals surface area (Å²) in [5.41, 5.74) is 0.809. The van der Waals surface area contributed by atoms with Crippen LogP contribution in [0.15, 0.2) is 36.4 Å². The predicted molar refractivity (Wildman–Crippen MR) is 122 cm³/mol. The molecule has 3 saturated carbocycles. The van der Waals surface area contributed by atoms with Gasteiger partial charge in [0.15, 0.2) is 11.6 Å². The summed E-state index contributed by atoms with van der Waals surface area (Å²) < 4.78 is 33.0. The molecule has 0 spiro atoms. The normalized spacial score (nSPS) is 24.7. The Hall–Kier alpha value is -3.20. The van der Waals surface area contributed by atoms with Crippen LogP contribution in [-0.2, 0) is 6.42 Å². The number of benzene rings is 2.